The van der Waals surface area contributed by atoms with E-state index in [9.17, 15) is 14.4 Å². The number of piperidine rings is 1. The van der Waals surface area contributed by atoms with E-state index in [4.69, 9.17) is 6.42 Å². The maximum Gasteiger partial charge on any atom is 0.240 e. The van der Waals surface area contributed by atoms with Gasteiger partial charge in [-0.25, -0.2) is 0 Å². The van der Waals surface area contributed by atoms with Crippen LogP contribution < -0.4 is 5.32 Å². The molecule has 1 saturated heterocycles. The Morgan fingerprint density at radius 1 is 1.33 bits per heavy atom. The van der Waals surface area contributed by atoms with Crippen LogP contribution in [0.2, 0.25) is 0 Å². The van der Waals surface area contributed by atoms with Crippen LogP contribution in [0.5, 0.6) is 0 Å². The van der Waals surface area contributed by atoms with E-state index in [2.05, 4.69) is 11.2 Å². The fraction of sp³-hybridized carbons (Fsp3) is 0.615. The van der Waals surface area contributed by atoms with Gasteiger partial charge in [0.15, 0.2) is 0 Å². The maximum absolute atomic E-state index is 12.0. The number of likely N-dealkylation sites (tertiary alicyclic amines) is 1. The van der Waals surface area contributed by atoms with Gasteiger partial charge >= 0.3 is 0 Å². The zero-order chi connectivity index (χ0) is 13.1. The maximum atomic E-state index is 12.0. The Balaban J connectivity index is 2.02. The Bertz CT molecular complexity index is 402. The molecule has 1 N–H and O–H groups in total. The summed E-state index contributed by atoms with van der Waals surface area (Å²) in [5.74, 6) is 1.33. The van der Waals surface area contributed by atoms with Gasteiger partial charge in [0.05, 0.1) is 6.54 Å². The summed E-state index contributed by atoms with van der Waals surface area (Å²) < 4.78 is 0. The third-order valence-electron chi connectivity index (χ3n) is 3.59. The van der Waals surface area contributed by atoms with Crippen molar-refractivity contribution in [2.75, 3.05) is 13.1 Å². The number of terminal acetylenes is 1. The third-order valence-corrected chi connectivity index (χ3v) is 3.59. The SMILES string of the molecule is C#CCNC(=O)CN1C(=O)C2CCCC(C2)C1=O. The lowest BCUT2D eigenvalue weighted by molar-refractivity contribution is -0.159. The van der Waals surface area contributed by atoms with Gasteiger partial charge < -0.3 is 5.32 Å². The van der Waals surface area contributed by atoms with Crippen molar-refractivity contribution in [3.63, 3.8) is 0 Å². The average molecular weight is 248 g/mol. The molecule has 2 bridgehead atoms. The molecule has 96 valence electrons. The van der Waals surface area contributed by atoms with Gasteiger partial charge in [0.25, 0.3) is 0 Å². The third kappa shape index (κ3) is 2.37. The summed E-state index contributed by atoms with van der Waals surface area (Å²) in [6.07, 6.45) is 8.25. The number of nitrogens with one attached hydrogen (secondary N) is 1. The molecule has 2 atom stereocenters. The molecule has 18 heavy (non-hydrogen) atoms. The van der Waals surface area contributed by atoms with E-state index < -0.39 is 0 Å². The molecule has 1 aliphatic heterocycles. The molecule has 1 aliphatic carbocycles. The number of amides is 3. The molecule has 1 heterocycles. The monoisotopic (exact) mass is 248 g/mol. The van der Waals surface area contributed by atoms with Crippen LogP contribution in [0.25, 0.3) is 0 Å². The number of nitrogens with zero attached hydrogens (tertiary/aromatic N) is 1. The molecule has 0 radical (unpaired) electrons. The molecule has 5 heteroatoms. The van der Waals surface area contributed by atoms with Crippen LogP contribution in [0.1, 0.15) is 25.7 Å². The second kappa shape index (κ2) is 5.21. The standard InChI is InChI=1S/C13H16N2O3/c1-2-6-14-11(16)8-15-12(17)9-4-3-5-10(7-9)13(15)18/h1,9-10H,3-8H2,(H,14,16). The predicted molar refractivity (Wildman–Crippen MR) is 64.0 cm³/mol. The van der Waals surface area contributed by atoms with Crippen molar-refractivity contribution in [1.82, 2.24) is 10.2 Å². The minimum atomic E-state index is -0.380. The predicted octanol–water partition coefficient (Wildman–Crippen LogP) is -0.0890. The number of carbonyl (C=O) groups is 3. The summed E-state index contributed by atoms with van der Waals surface area (Å²) in [7, 11) is 0. The van der Waals surface area contributed by atoms with Crippen LogP contribution in [0.15, 0.2) is 0 Å². The van der Waals surface area contributed by atoms with E-state index in [-0.39, 0.29) is 42.6 Å². The summed E-state index contributed by atoms with van der Waals surface area (Å²) in [4.78, 5) is 36.7. The smallest absolute Gasteiger partial charge is 0.240 e. The van der Waals surface area contributed by atoms with Gasteiger partial charge in [-0.05, 0) is 19.3 Å². The Kier molecular flexibility index (Phi) is 3.66. The van der Waals surface area contributed by atoms with Crippen molar-refractivity contribution in [3.05, 3.63) is 0 Å². The molecule has 0 aromatic heterocycles. The van der Waals surface area contributed by atoms with Gasteiger partial charge in [-0.15, -0.1) is 6.42 Å². The molecule has 1 saturated carbocycles. The average Bonchev–Trinajstić information content (AvgIpc) is 2.40. The summed E-state index contributed by atoms with van der Waals surface area (Å²) in [6.45, 7) is -0.0890. The summed E-state index contributed by atoms with van der Waals surface area (Å²) in [5, 5.41) is 2.47. The molecule has 3 amide bonds. The number of hydrogen-bond acceptors (Lipinski definition) is 3. The highest BCUT2D eigenvalue weighted by Gasteiger charge is 2.43. The lowest BCUT2D eigenvalue weighted by Gasteiger charge is -2.38. The first-order chi connectivity index (χ1) is 8.63. The highest BCUT2D eigenvalue weighted by molar-refractivity contribution is 6.03. The molecule has 0 aromatic rings. The number of fused-ring (bicyclic) bond motifs is 2. The van der Waals surface area contributed by atoms with E-state index in [1.54, 1.807) is 0 Å². The first kappa shape index (κ1) is 12.6. The lowest BCUT2D eigenvalue weighted by Crippen LogP contribution is -2.54. The van der Waals surface area contributed by atoms with Crippen LogP contribution in [0, 0.1) is 24.2 Å². The van der Waals surface area contributed by atoms with E-state index in [0.29, 0.717) is 6.42 Å². The van der Waals surface area contributed by atoms with Crippen molar-refractivity contribution in [2.24, 2.45) is 11.8 Å². The Labute approximate surface area is 106 Å². The van der Waals surface area contributed by atoms with Crippen molar-refractivity contribution in [3.8, 4) is 12.3 Å². The van der Waals surface area contributed by atoms with E-state index >= 15 is 0 Å². The Morgan fingerprint density at radius 2 is 1.94 bits per heavy atom. The Morgan fingerprint density at radius 3 is 2.50 bits per heavy atom. The molecule has 2 rings (SSSR count). The van der Waals surface area contributed by atoms with E-state index in [1.165, 1.54) is 0 Å². The van der Waals surface area contributed by atoms with Crippen LogP contribution in [-0.2, 0) is 14.4 Å². The van der Waals surface area contributed by atoms with Gasteiger partial charge in [-0.1, -0.05) is 12.3 Å². The van der Waals surface area contributed by atoms with E-state index in [0.717, 1.165) is 24.2 Å². The van der Waals surface area contributed by atoms with Gasteiger partial charge in [-0.3, -0.25) is 19.3 Å². The van der Waals surface area contributed by atoms with Gasteiger partial charge in [-0.2, -0.15) is 0 Å². The van der Waals surface area contributed by atoms with Crippen molar-refractivity contribution in [1.29, 1.82) is 0 Å². The molecule has 2 fully saturated rings. The fourth-order valence-electron chi connectivity index (χ4n) is 2.69. The van der Waals surface area contributed by atoms with Gasteiger partial charge in [0.2, 0.25) is 17.7 Å². The van der Waals surface area contributed by atoms with Crippen LogP contribution in [0.4, 0.5) is 0 Å². The number of rotatable bonds is 3. The van der Waals surface area contributed by atoms with E-state index in [1.807, 2.05) is 0 Å². The molecule has 2 unspecified atom stereocenters. The van der Waals surface area contributed by atoms with Crippen molar-refractivity contribution >= 4 is 17.7 Å². The van der Waals surface area contributed by atoms with Crippen molar-refractivity contribution in [2.45, 2.75) is 25.7 Å². The number of carbonyl (C=O) groups excluding carboxylic acids is 3. The first-order valence-corrected chi connectivity index (χ1v) is 6.19. The highest BCUT2D eigenvalue weighted by atomic mass is 16.2. The first-order valence-electron chi connectivity index (χ1n) is 6.19. The molecule has 0 spiro atoms. The second-order valence-corrected chi connectivity index (χ2v) is 4.80. The molecular weight excluding hydrogens is 232 g/mol. The zero-order valence-electron chi connectivity index (χ0n) is 10.1. The summed E-state index contributed by atoms with van der Waals surface area (Å²) in [5.41, 5.74) is 0. The van der Waals surface area contributed by atoms with Crippen molar-refractivity contribution < 1.29 is 14.4 Å². The number of imide groups is 1. The summed E-state index contributed by atoms with van der Waals surface area (Å²) >= 11 is 0. The summed E-state index contributed by atoms with van der Waals surface area (Å²) in [6, 6.07) is 0. The zero-order valence-corrected chi connectivity index (χ0v) is 10.1. The molecular formula is C13H16N2O3. The van der Waals surface area contributed by atoms with Gasteiger partial charge in [0, 0.05) is 11.8 Å². The topological polar surface area (TPSA) is 66.5 Å². The van der Waals surface area contributed by atoms with Crippen LogP contribution in [0.3, 0.4) is 0 Å². The van der Waals surface area contributed by atoms with Gasteiger partial charge in [0.1, 0.15) is 6.54 Å². The molecule has 0 aromatic carbocycles. The molecule has 5 nitrogen and oxygen atoms in total. The highest BCUT2D eigenvalue weighted by Crippen LogP contribution is 2.35. The lowest BCUT2D eigenvalue weighted by atomic mass is 9.77. The number of hydrogen-bond donors (Lipinski definition) is 1. The normalized spacial score (nSPS) is 26.7. The minimum Gasteiger partial charge on any atom is -0.344 e. The Hall–Kier alpha value is -1.83. The van der Waals surface area contributed by atoms with Crippen LogP contribution >= 0.6 is 0 Å². The van der Waals surface area contributed by atoms with Crippen LogP contribution in [-0.4, -0.2) is 35.7 Å². The fourth-order valence-corrected chi connectivity index (χ4v) is 2.69. The largest absolute Gasteiger partial charge is 0.344 e. The molecule has 2 aliphatic rings. The quantitative estimate of drug-likeness (QED) is 0.561. The second-order valence-electron chi connectivity index (χ2n) is 4.80. The minimum absolute atomic E-state index is 0.0816.